The molecule has 0 saturated carbocycles. The van der Waals surface area contributed by atoms with E-state index in [2.05, 4.69) is 6.58 Å². The van der Waals surface area contributed by atoms with E-state index in [0.29, 0.717) is 12.2 Å². The molecule has 14 heavy (non-hydrogen) atoms. The Morgan fingerprint density at radius 1 is 1.50 bits per heavy atom. The molecule has 1 aromatic carbocycles. The van der Waals surface area contributed by atoms with Gasteiger partial charge in [-0.3, -0.25) is 0 Å². The molecule has 1 aliphatic rings. The predicted molar refractivity (Wildman–Crippen MR) is 57.3 cm³/mol. The third-order valence-electron chi connectivity index (χ3n) is 2.42. The summed E-state index contributed by atoms with van der Waals surface area (Å²) in [5.41, 5.74) is 2.88. The predicted octanol–water partition coefficient (Wildman–Crippen LogP) is 2.83. The molecule has 0 radical (unpaired) electrons. The second-order valence-electron chi connectivity index (χ2n) is 3.28. The summed E-state index contributed by atoms with van der Waals surface area (Å²) in [6.45, 7) is 6.26. The van der Waals surface area contributed by atoms with Gasteiger partial charge in [-0.25, -0.2) is 0 Å². The van der Waals surface area contributed by atoms with Crippen LogP contribution < -0.4 is 4.74 Å². The lowest BCUT2D eigenvalue weighted by Crippen LogP contribution is -2.04. The molecule has 1 heterocycles. The lowest BCUT2D eigenvalue weighted by atomic mass is 10.00. The first-order chi connectivity index (χ1) is 6.74. The number of phenolic OH excluding ortho intramolecular Hbond substituents is 1. The van der Waals surface area contributed by atoms with Crippen LogP contribution in [0.1, 0.15) is 18.1 Å². The molecule has 0 spiro atoms. The van der Waals surface area contributed by atoms with Crippen LogP contribution in [0.2, 0.25) is 0 Å². The molecule has 0 bridgehead atoms. The Bertz CT molecular complexity index is 417. The maximum Gasteiger partial charge on any atom is 0.138 e. The van der Waals surface area contributed by atoms with Gasteiger partial charge in [0.05, 0.1) is 5.56 Å². The van der Waals surface area contributed by atoms with Gasteiger partial charge in [-0.2, -0.15) is 0 Å². The van der Waals surface area contributed by atoms with Crippen LogP contribution in [0.25, 0.3) is 11.6 Å². The van der Waals surface area contributed by atoms with Gasteiger partial charge in [0.25, 0.3) is 0 Å². The fourth-order valence-corrected chi connectivity index (χ4v) is 1.61. The van der Waals surface area contributed by atoms with Crippen LogP contribution in [-0.4, -0.2) is 11.7 Å². The molecule has 0 saturated heterocycles. The standard InChI is InChI=1S/C12H12O2/c1-3-9-11(13)5-4-10-8(2)6-7-14-12(9)10/h3-6,13H,1,7H2,2H3. The molecule has 2 heteroatoms. The fourth-order valence-electron chi connectivity index (χ4n) is 1.61. The summed E-state index contributed by atoms with van der Waals surface area (Å²) in [6, 6.07) is 3.53. The molecule has 0 amide bonds. The Hall–Kier alpha value is -1.70. The SMILES string of the molecule is C=Cc1c(O)ccc2c1OCC=C2C. The molecular formula is C12H12O2. The van der Waals surface area contributed by atoms with E-state index < -0.39 is 0 Å². The van der Waals surface area contributed by atoms with Gasteiger partial charge in [0, 0.05) is 5.56 Å². The normalized spacial score (nSPS) is 13.9. The van der Waals surface area contributed by atoms with Crippen molar-refractivity contribution in [1.82, 2.24) is 0 Å². The summed E-state index contributed by atoms with van der Waals surface area (Å²) >= 11 is 0. The second kappa shape index (κ2) is 3.22. The minimum Gasteiger partial charge on any atom is -0.507 e. The first-order valence-electron chi connectivity index (χ1n) is 4.52. The average Bonchev–Trinajstić information content (AvgIpc) is 2.18. The molecule has 1 aliphatic heterocycles. The fraction of sp³-hybridized carbons (Fsp3) is 0.167. The number of ether oxygens (including phenoxy) is 1. The zero-order valence-electron chi connectivity index (χ0n) is 8.08. The topological polar surface area (TPSA) is 29.5 Å². The molecule has 0 aromatic heterocycles. The monoisotopic (exact) mass is 188 g/mol. The first kappa shape index (κ1) is 8.88. The maximum atomic E-state index is 9.58. The number of hydrogen-bond donors (Lipinski definition) is 1. The summed E-state index contributed by atoms with van der Waals surface area (Å²) in [7, 11) is 0. The minimum atomic E-state index is 0.216. The number of phenols is 1. The van der Waals surface area contributed by atoms with E-state index in [1.807, 2.05) is 19.1 Å². The summed E-state index contributed by atoms with van der Waals surface area (Å²) in [5.74, 6) is 0.952. The van der Waals surface area contributed by atoms with Crippen molar-refractivity contribution in [2.75, 3.05) is 6.61 Å². The van der Waals surface area contributed by atoms with Crippen molar-refractivity contribution >= 4 is 11.6 Å². The molecule has 2 rings (SSSR count). The van der Waals surface area contributed by atoms with Crippen LogP contribution in [0.15, 0.2) is 24.8 Å². The highest BCUT2D eigenvalue weighted by molar-refractivity contribution is 5.77. The van der Waals surface area contributed by atoms with Gasteiger partial charge in [0.2, 0.25) is 0 Å². The lowest BCUT2D eigenvalue weighted by Gasteiger charge is -2.19. The molecule has 0 atom stereocenters. The minimum absolute atomic E-state index is 0.216. The highest BCUT2D eigenvalue weighted by Crippen LogP contribution is 2.38. The third-order valence-corrected chi connectivity index (χ3v) is 2.42. The summed E-state index contributed by atoms with van der Waals surface area (Å²) in [6.07, 6.45) is 3.64. The van der Waals surface area contributed by atoms with Crippen molar-refractivity contribution < 1.29 is 9.84 Å². The molecule has 0 unspecified atom stereocenters. The Balaban J connectivity index is 2.69. The van der Waals surface area contributed by atoms with Crippen molar-refractivity contribution in [2.24, 2.45) is 0 Å². The lowest BCUT2D eigenvalue weighted by molar-refractivity contribution is 0.353. The Labute approximate surface area is 83.1 Å². The number of benzene rings is 1. The van der Waals surface area contributed by atoms with Gasteiger partial charge in [0.15, 0.2) is 0 Å². The highest BCUT2D eigenvalue weighted by Gasteiger charge is 2.15. The van der Waals surface area contributed by atoms with Crippen LogP contribution in [0.3, 0.4) is 0 Å². The zero-order valence-corrected chi connectivity index (χ0v) is 8.08. The van der Waals surface area contributed by atoms with Gasteiger partial charge in [0.1, 0.15) is 18.1 Å². The molecule has 1 aromatic rings. The van der Waals surface area contributed by atoms with Crippen molar-refractivity contribution in [2.45, 2.75) is 6.92 Å². The van der Waals surface area contributed by atoms with E-state index >= 15 is 0 Å². The van der Waals surface area contributed by atoms with Crippen molar-refractivity contribution in [1.29, 1.82) is 0 Å². The molecule has 0 fully saturated rings. The largest absolute Gasteiger partial charge is 0.507 e. The number of hydrogen-bond acceptors (Lipinski definition) is 2. The smallest absolute Gasteiger partial charge is 0.138 e. The molecule has 1 N–H and O–H groups in total. The van der Waals surface area contributed by atoms with Crippen LogP contribution in [0, 0.1) is 0 Å². The second-order valence-corrected chi connectivity index (χ2v) is 3.28. The molecule has 2 nitrogen and oxygen atoms in total. The van der Waals surface area contributed by atoms with Crippen molar-refractivity contribution in [3.8, 4) is 11.5 Å². The van der Waals surface area contributed by atoms with Crippen molar-refractivity contribution in [3.05, 3.63) is 35.9 Å². The molecular weight excluding hydrogens is 176 g/mol. The summed E-state index contributed by atoms with van der Waals surface area (Å²) in [5, 5.41) is 9.58. The summed E-state index contributed by atoms with van der Waals surface area (Å²) in [4.78, 5) is 0. The van der Waals surface area contributed by atoms with Crippen LogP contribution in [-0.2, 0) is 0 Å². The molecule has 72 valence electrons. The van der Waals surface area contributed by atoms with E-state index in [9.17, 15) is 5.11 Å². The quantitative estimate of drug-likeness (QED) is 0.734. The Morgan fingerprint density at radius 3 is 3.00 bits per heavy atom. The number of aromatic hydroxyl groups is 1. The van der Waals surface area contributed by atoms with Crippen LogP contribution in [0.5, 0.6) is 11.5 Å². The van der Waals surface area contributed by atoms with E-state index in [1.54, 1.807) is 12.1 Å². The first-order valence-corrected chi connectivity index (χ1v) is 4.52. The van der Waals surface area contributed by atoms with E-state index in [-0.39, 0.29) is 5.75 Å². The van der Waals surface area contributed by atoms with Gasteiger partial charge < -0.3 is 9.84 Å². The molecule has 0 aliphatic carbocycles. The van der Waals surface area contributed by atoms with Gasteiger partial charge >= 0.3 is 0 Å². The van der Waals surface area contributed by atoms with Gasteiger partial charge in [-0.15, -0.1) is 0 Å². The number of allylic oxidation sites excluding steroid dienone is 1. The van der Waals surface area contributed by atoms with E-state index in [0.717, 1.165) is 11.3 Å². The van der Waals surface area contributed by atoms with Crippen molar-refractivity contribution in [3.63, 3.8) is 0 Å². The van der Waals surface area contributed by atoms with Gasteiger partial charge in [-0.1, -0.05) is 12.7 Å². The number of rotatable bonds is 1. The van der Waals surface area contributed by atoms with E-state index in [1.165, 1.54) is 5.57 Å². The third kappa shape index (κ3) is 1.20. The van der Waals surface area contributed by atoms with Crippen LogP contribution >= 0.6 is 0 Å². The highest BCUT2D eigenvalue weighted by atomic mass is 16.5. The maximum absolute atomic E-state index is 9.58. The summed E-state index contributed by atoms with van der Waals surface area (Å²) < 4.78 is 5.49. The average molecular weight is 188 g/mol. The zero-order chi connectivity index (χ0) is 10.1. The Kier molecular flexibility index (Phi) is 2.04. The van der Waals surface area contributed by atoms with Crippen LogP contribution in [0.4, 0.5) is 0 Å². The van der Waals surface area contributed by atoms with Gasteiger partial charge in [-0.05, 0) is 30.7 Å². The number of fused-ring (bicyclic) bond motifs is 1. The Morgan fingerprint density at radius 2 is 2.29 bits per heavy atom. The van der Waals surface area contributed by atoms with E-state index in [4.69, 9.17) is 4.74 Å².